The van der Waals surface area contributed by atoms with Gasteiger partial charge in [0, 0.05) is 13.1 Å². The molecule has 0 aliphatic carbocycles. The molecule has 3 heterocycles. The first-order valence-corrected chi connectivity index (χ1v) is 5.90. The standard InChI is InChI=1S/C12H21NO2/c1-12(2,3)10-8-13-6-4-9(10)5-7-15-11(13)14/h9-10H,4-8H2,1-3H3. The van der Waals surface area contributed by atoms with Crippen LogP contribution >= 0.6 is 0 Å². The van der Waals surface area contributed by atoms with E-state index in [0.717, 1.165) is 31.8 Å². The van der Waals surface area contributed by atoms with Crippen LogP contribution in [0.15, 0.2) is 0 Å². The smallest absolute Gasteiger partial charge is 0.409 e. The number of carbonyl (C=O) groups is 1. The summed E-state index contributed by atoms with van der Waals surface area (Å²) in [4.78, 5) is 13.5. The molecule has 3 heteroatoms. The van der Waals surface area contributed by atoms with Crippen LogP contribution < -0.4 is 0 Å². The molecule has 2 atom stereocenters. The van der Waals surface area contributed by atoms with Crippen LogP contribution in [0, 0.1) is 17.3 Å². The van der Waals surface area contributed by atoms with Crippen molar-refractivity contribution in [2.45, 2.75) is 33.6 Å². The lowest BCUT2D eigenvalue weighted by Crippen LogP contribution is -2.50. The zero-order valence-corrected chi connectivity index (χ0v) is 9.95. The number of ether oxygens (including phenoxy) is 1. The molecule has 0 N–H and O–H groups in total. The van der Waals surface area contributed by atoms with E-state index in [0.29, 0.717) is 17.9 Å². The summed E-state index contributed by atoms with van der Waals surface area (Å²) in [6.07, 6.45) is 2.08. The fraction of sp³-hybridized carbons (Fsp3) is 0.917. The highest BCUT2D eigenvalue weighted by Gasteiger charge is 2.40. The van der Waals surface area contributed by atoms with Gasteiger partial charge in [0.2, 0.25) is 0 Å². The molecule has 2 unspecified atom stereocenters. The molecule has 0 radical (unpaired) electrons. The van der Waals surface area contributed by atoms with Crippen LogP contribution in [0.25, 0.3) is 0 Å². The minimum Gasteiger partial charge on any atom is -0.449 e. The van der Waals surface area contributed by atoms with Crippen LogP contribution in [0.3, 0.4) is 0 Å². The highest BCUT2D eigenvalue weighted by atomic mass is 16.6. The zero-order valence-electron chi connectivity index (χ0n) is 9.95. The van der Waals surface area contributed by atoms with Crippen LogP contribution in [0.1, 0.15) is 33.6 Å². The van der Waals surface area contributed by atoms with Gasteiger partial charge in [0.05, 0.1) is 6.61 Å². The third kappa shape index (κ3) is 2.11. The Morgan fingerprint density at radius 2 is 2.07 bits per heavy atom. The predicted molar refractivity (Wildman–Crippen MR) is 58.6 cm³/mol. The minimum atomic E-state index is -0.109. The van der Waals surface area contributed by atoms with Gasteiger partial charge in [-0.15, -0.1) is 0 Å². The van der Waals surface area contributed by atoms with Crippen LogP contribution in [0.4, 0.5) is 4.79 Å². The normalized spacial score (nSPS) is 32.2. The van der Waals surface area contributed by atoms with E-state index in [9.17, 15) is 4.79 Å². The first-order chi connectivity index (χ1) is 6.98. The number of hydrogen-bond donors (Lipinski definition) is 0. The van der Waals surface area contributed by atoms with Crippen molar-refractivity contribution in [1.29, 1.82) is 0 Å². The van der Waals surface area contributed by atoms with Gasteiger partial charge in [0.25, 0.3) is 0 Å². The van der Waals surface area contributed by atoms with Gasteiger partial charge in [-0.25, -0.2) is 4.79 Å². The highest BCUT2D eigenvalue weighted by Crippen LogP contribution is 2.40. The first-order valence-electron chi connectivity index (χ1n) is 5.90. The van der Waals surface area contributed by atoms with Crippen molar-refractivity contribution >= 4 is 6.09 Å². The molecule has 0 aromatic heterocycles. The summed E-state index contributed by atoms with van der Waals surface area (Å²) in [5, 5.41) is 0. The molecule has 2 bridgehead atoms. The van der Waals surface area contributed by atoms with Crippen LogP contribution in [-0.2, 0) is 4.74 Å². The van der Waals surface area contributed by atoms with E-state index in [1.807, 2.05) is 4.90 Å². The van der Waals surface area contributed by atoms with Gasteiger partial charge in [-0.2, -0.15) is 0 Å². The molecule has 0 spiro atoms. The van der Waals surface area contributed by atoms with Crippen molar-refractivity contribution in [3.63, 3.8) is 0 Å². The fourth-order valence-corrected chi connectivity index (χ4v) is 2.88. The first kappa shape index (κ1) is 10.8. The monoisotopic (exact) mass is 211 g/mol. The van der Waals surface area contributed by atoms with E-state index in [1.165, 1.54) is 0 Å². The second-order valence-corrected chi connectivity index (χ2v) is 5.87. The maximum absolute atomic E-state index is 11.6. The van der Waals surface area contributed by atoms with Crippen LogP contribution in [0.2, 0.25) is 0 Å². The van der Waals surface area contributed by atoms with Crippen LogP contribution in [0.5, 0.6) is 0 Å². The third-order valence-electron chi connectivity index (χ3n) is 3.84. The Hall–Kier alpha value is -0.730. The highest BCUT2D eigenvalue weighted by molar-refractivity contribution is 5.67. The molecule has 3 fully saturated rings. The number of fused-ring (bicyclic) bond motifs is 5. The SMILES string of the molecule is CC(C)(C)C1CN2CCC1CCOC2=O. The van der Waals surface area contributed by atoms with E-state index in [-0.39, 0.29) is 6.09 Å². The average Bonchev–Trinajstić information content (AvgIpc) is 2.12. The van der Waals surface area contributed by atoms with Crippen molar-refractivity contribution < 1.29 is 9.53 Å². The summed E-state index contributed by atoms with van der Waals surface area (Å²) >= 11 is 0. The largest absolute Gasteiger partial charge is 0.449 e. The van der Waals surface area contributed by atoms with E-state index in [1.54, 1.807) is 0 Å². The van der Waals surface area contributed by atoms with Crippen molar-refractivity contribution in [2.24, 2.45) is 17.3 Å². The molecular formula is C12H21NO2. The fourth-order valence-electron chi connectivity index (χ4n) is 2.88. The van der Waals surface area contributed by atoms with Gasteiger partial charge in [-0.3, -0.25) is 0 Å². The lowest BCUT2D eigenvalue weighted by atomic mass is 9.69. The Bertz CT molecular complexity index is 255. The number of carbonyl (C=O) groups excluding carboxylic acids is 1. The van der Waals surface area contributed by atoms with Crippen molar-refractivity contribution in [1.82, 2.24) is 4.90 Å². The number of hydrogen-bond acceptors (Lipinski definition) is 2. The molecular weight excluding hydrogens is 190 g/mol. The summed E-state index contributed by atoms with van der Waals surface area (Å²) in [7, 11) is 0. The zero-order chi connectivity index (χ0) is 11.1. The Balaban J connectivity index is 2.17. The number of rotatable bonds is 0. The van der Waals surface area contributed by atoms with E-state index in [4.69, 9.17) is 4.74 Å². The summed E-state index contributed by atoms with van der Waals surface area (Å²) in [5.74, 6) is 1.36. The number of amides is 1. The van der Waals surface area contributed by atoms with Crippen LogP contribution in [-0.4, -0.2) is 30.7 Å². The van der Waals surface area contributed by atoms with Gasteiger partial charge in [0.1, 0.15) is 0 Å². The number of piperidine rings is 1. The Morgan fingerprint density at radius 1 is 1.33 bits per heavy atom. The molecule has 3 aliphatic rings. The molecule has 3 aliphatic heterocycles. The Kier molecular flexibility index (Phi) is 2.65. The molecule has 1 amide bonds. The maximum atomic E-state index is 11.6. The second kappa shape index (κ2) is 3.69. The molecule has 86 valence electrons. The molecule has 0 aromatic rings. The summed E-state index contributed by atoms with van der Waals surface area (Å²) in [5.41, 5.74) is 0.293. The van der Waals surface area contributed by atoms with Gasteiger partial charge < -0.3 is 9.64 Å². The van der Waals surface area contributed by atoms with Crippen molar-refractivity contribution in [2.75, 3.05) is 19.7 Å². The summed E-state index contributed by atoms with van der Waals surface area (Å²) in [6, 6.07) is 0. The summed E-state index contributed by atoms with van der Waals surface area (Å²) < 4.78 is 5.16. The van der Waals surface area contributed by atoms with Crippen molar-refractivity contribution in [3.05, 3.63) is 0 Å². The molecule has 0 saturated carbocycles. The van der Waals surface area contributed by atoms with Gasteiger partial charge >= 0.3 is 6.09 Å². The van der Waals surface area contributed by atoms with Gasteiger partial charge in [0.15, 0.2) is 0 Å². The quantitative estimate of drug-likeness (QED) is 0.616. The average molecular weight is 211 g/mol. The molecule has 3 rings (SSSR count). The molecule has 0 aromatic carbocycles. The molecule has 3 saturated heterocycles. The van der Waals surface area contributed by atoms with E-state index in [2.05, 4.69) is 20.8 Å². The lowest BCUT2D eigenvalue weighted by molar-refractivity contribution is -0.00211. The topological polar surface area (TPSA) is 29.5 Å². The lowest BCUT2D eigenvalue weighted by Gasteiger charge is -2.46. The summed E-state index contributed by atoms with van der Waals surface area (Å²) in [6.45, 7) is 9.21. The van der Waals surface area contributed by atoms with Crippen molar-refractivity contribution in [3.8, 4) is 0 Å². The second-order valence-electron chi connectivity index (χ2n) is 5.87. The molecule has 15 heavy (non-hydrogen) atoms. The molecule has 3 nitrogen and oxygen atoms in total. The Labute approximate surface area is 91.8 Å². The van der Waals surface area contributed by atoms with E-state index >= 15 is 0 Å². The minimum absolute atomic E-state index is 0.109. The number of nitrogens with zero attached hydrogens (tertiary/aromatic N) is 1. The third-order valence-corrected chi connectivity index (χ3v) is 3.84. The van der Waals surface area contributed by atoms with Gasteiger partial charge in [-0.1, -0.05) is 20.8 Å². The predicted octanol–water partition coefficient (Wildman–Crippen LogP) is 2.51. The Morgan fingerprint density at radius 3 is 2.73 bits per heavy atom. The maximum Gasteiger partial charge on any atom is 0.409 e. The van der Waals surface area contributed by atoms with Gasteiger partial charge in [-0.05, 0) is 30.1 Å². The van der Waals surface area contributed by atoms with E-state index < -0.39 is 0 Å².